The van der Waals surface area contributed by atoms with Gasteiger partial charge in [-0.25, -0.2) is 4.79 Å². The van der Waals surface area contributed by atoms with Crippen LogP contribution in [0.25, 0.3) is 11.1 Å². The lowest BCUT2D eigenvalue weighted by molar-refractivity contribution is -0.149. The summed E-state index contributed by atoms with van der Waals surface area (Å²) >= 11 is 0. The van der Waals surface area contributed by atoms with Gasteiger partial charge in [0.1, 0.15) is 6.61 Å². The van der Waals surface area contributed by atoms with Crippen LogP contribution in [0.4, 0.5) is 4.79 Å². The Bertz CT molecular complexity index is 1090. The second-order valence-electron chi connectivity index (χ2n) is 10.1. The average molecular weight is 477 g/mol. The standard InChI is InChI=1S/C28H32N2O5/c1-17-15-18(27(32)33)13-14-30(17)26(31)23-11-6-12-25(23)29-28(34)35-16-24-21-9-4-2-7-19(21)20-8-3-5-10-22(20)24/h2-5,7-10,17-18,23-25H,6,11-16H2,1H3,(H,29,34)(H,32,33)/t17-,18-,23-,25+/m1/s1. The number of rotatable bonds is 5. The highest BCUT2D eigenvalue weighted by atomic mass is 16.5. The quantitative estimate of drug-likeness (QED) is 0.667. The number of hydrogen-bond acceptors (Lipinski definition) is 4. The summed E-state index contributed by atoms with van der Waals surface area (Å²) in [5, 5.41) is 12.3. The molecule has 3 aliphatic rings. The zero-order chi connectivity index (χ0) is 24.5. The second kappa shape index (κ2) is 9.72. The van der Waals surface area contributed by atoms with Crippen LogP contribution in [0.3, 0.4) is 0 Å². The van der Waals surface area contributed by atoms with E-state index >= 15 is 0 Å². The Balaban J connectivity index is 1.20. The van der Waals surface area contributed by atoms with Crippen molar-refractivity contribution in [3.8, 4) is 11.1 Å². The molecule has 0 radical (unpaired) electrons. The van der Waals surface area contributed by atoms with Crippen molar-refractivity contribution in [2.45, 2.75) is 57.0 Å². The van der Waals surface area contributed by atoms with Gasteiger partial charge >= 0.3 is 12.1 Å². The van der Waals surface area contributed by atoms with Crippen LogP contribution in [0.15, 0.2) is 48.5 Å². The van der Waals surface area contributed by atoms with Crippen molar-refractivity contribution in [1.29, 1.82) is 0 Å². The molecule has 2 aromatic rings. The molecule has 4 atom stereocenters. The van der Waals surface area contributed by atoms with Gasteiger partial charge in [0.15, 0.2) is 0 Å². The van der Waals surface area contributed by atoms with Crippen LogP contribution in [0.2, 0.25) is 0 Å². The number of carbonyl (C=O) groups excluding carboxylic acids is 2. The van der Waals surface area contributed by atoms with Gasteiger partial charge in [-0.15, -0.1) is 0 Å². The van der Waals surface area contributed by atoms with Crippen LogP contribution in [-0.4, -0.2) is 53.2 Å². The summed E-state index contributed by atoms with van der Waals surface area (Å²) in [4.78, 5) is 39.2. The molecule has 0 unspecified atom stereocenters. The monoisotopic (exact) mass is 476 g/mol. The maximum absolute atomic E-state index is 13.3. The number of carboxylic acid groups (broad SMARTS) is 1. The lowest BCUT2D eigenvalue weighted by Gasteiger charge is -2.38. The highest BCUT2D eigenvalue weighted by Gasteiger charge is 2.40. The fourth-order valence-electron chi connectivity index (χ4n) is 6.16. The number of likely N-dealkylation sites (tertiary alicyclic amines) is 1. The van der Waals surface area contributed by atoms with Crippen LogP contribution in [-0.2, 0) is 14.3 Å². The number of carbonyl (C=O) groups is 3. The third kappa shape index (κ3) is 4.51. The van der Waals surface area contributed by atoms with Crippen molar-refractivity contribution in [3.05, 3.63) is 59.7 Å². The number of benzene rings is 2. The van der Waals surface area contributed by atoms with Crippen LogP contribution >= 0.6 is 0 Å². The van der Waals surface area contributed by atoms with Crippen molar-refractivity contribution in [2.24, 2.45) is 11.8 Å². The molecule has 2 aromatic carbocycles. The van der Waals surface area contributed by atoms with Crippen molar-refractivity contribution in [1.82, 2.24) is 10.2 Å². The molecule has 7 heteroatoms. The minimum absolute atomic E-state index is 0.00876. The van der Waals surface area contributed by atoms with Crippen molar-refractivity contribution in [3.63, 3.8) is 0 Å². The Labute approximate surface area is 205 Å². The number of ether oxygens (including phenoxy) is 1. The Kier molecular flexibility index (Phi) is 6.50. The highest BCUT2D eigenvalue weighted by Crippen LogP contribution is 2.44. The Morgan fingerprint density at radius 3 is 2.29 bits per heavy atom. The SMILES string of the molecule is C[C@@H]1C[C@H](C(=O)O)CCN1C(=O)[C@@H]1CCC[C@@H]1NC(=O)OCC1c2ccccc2-c2ccccc21. The van der Waals surface area contributed by atoms with Crippen LogP contribution in [0, 0.1) is 11.8 Å². The van der Waals surface area contributed by atoms with E-state index in [-0.39, 0.29) is 36.4 Å². The van der Waals surface area contributed by atoms with E-state index in [0.29, 0.717) is 19.4 Å². The minimum Gasteiger partial charge on any atom is -0.481 e. The first kappa shape index (κ1) is 23.4. The van der Waals surface area contributed by atoms with Gasteiger partial charge in [0.2, 0.25) is 5.91 Å². The number of piperidine rings is 1. The van der Waals surface area contributed by atoms with Gasteiger partial charge in [0, 0.05) is 24.5 Å². The van der Waals surface area contributed by atoms with E-state index in [0.717, 1.165) is 30.4 Å². The minimum atomic E-state index is -0.792. The van der Waals surface area contributed by atoms with Gasteiger partial charge in [-0.3, -0.25) is 9.59 Å². The lowest BCUT2D eigenvalue weighted by Crippen LogP contribution is -2.51. The van der Waals surface area contributed by atoms with Gasteiger partial charge in [0.05, 0.1) is 11.8 Å². The zero-order valence-electron chi connectivity index (χ0n) is 20.0. The molecule has 5 rings (SSSR count). The average Bonchev–Trinajstić information content (AvgIpc) is 3.44. The maximum atomic E-state index is 13.3. The number of hydrogen-bond donors (Lipinski definition) is 2. The topological polar surface area (TPSA) is 95.9 Å². The molecule has 0 aromatic heterocycles. The normalized spacial score (nSPS) is 25.6. The molecule has 35 heavy (non-hydrogen) atoms. The highest BCUT2D eigenvalue weighted by molar-refractivity contribution is 5.82. The number of carboxylic acids is 1. The van der Waals surface area contributed by atoms with E-state index in [1.807, 2.05) is 36.1 Å². The van der Waals surface area contributed by atoms with E-state index in [9.17, 15) is 19.5 Å². The second-order valence-corrected chi connectivity index (χ2v) is 10.1. The molecule has 1 heterocycles. The summed E-state index contributed by atoms with van der Waals surface area (Å²) in [5.74, 6) is -1.47. The van der Waals surface area contributed by atoms with Crippen molar-refractivity contribution < 1.29 is 24.2 Å². The molecule has 2 amide bonds. The number of nitrogens with zero attached hydrogens (tertiary/aromatic N) is 1. The lowest BCUT2D eigenvalue weighted by atomic mass is 9.90. The smallest absolute Gasteiger partial charge is 0.407 e. The fourth-order valence-corrected chi connectivity index (χ4v) is 6.16. The summed E-state index contributed by atoms with van der Waals surface area (Å²) < 4.78 is 5.70. The third-order valence-corrected chi connectivity index (χ3v) is 7.99. The predicted molar refractivity (Wildman–Crippen MR) is 131 cm³/mol. The van der Waals surface area contributed by atoms with E-state index in [2.05, 4.69) is 29.6 Å². The Morgan fingerprint density at radius 2 is 1.66 bits per heavy atom. The van der Waals surface area contributed by atoms with Crippen LogP contribution < -0.4 is 5.32 Å². The summed E-state index contributed by atoms with van der Waals surface area (Å²) in [7, 11) is 0. The summed E-state index contributed by atoms with van der Waals surface area (Å²) in [6.45, 7) is 2.60. The van der Waals surface area contributed by atoms with E-state index in [1.165, 1.54) is 11.1 Å². The molecule has 0 spiro atoms. The molecule has 1 saturated carbocycles. The van der Waals surface area contributed by atoms with E-state index in [1.54, 1.807) is 0 Å². The van der Waals surface area contributed by atoms with Gasteiger partial charge in [0.25, 0.3) is 0 Å². The molecule has 0 bridgehead atoms. The maximum Gasteiger partial charge on any atom is 0.407 e. The molecular formula is C28H32N2O5. The largest absolute Gasteiger partial charge is 0.481 e. The Hall–Kier alpha value is -3.35. The van der Waals surface area contributed by atoms with Crippen LogP contribution in [0.5, 0.6) is 0 Å². The fraction of sp³-hybridized carbons (Fsp3) is 0.464. The summed E-state index contributed by atoms with van der Waals surface area (Å²) in [6, 6.07) is 16.0. The first-order chi connectivity index (χ1) is 16.9. The number of aliphatic carboxylic acids is 1. The number of nitrogens with one attached hydrogen (secondary N) is 1. The predicted octanol–water partition coefficient (Wildman–Crippen LogP) is 4.41. The molecule has 184 valence electrons. The van der Waals surface area contributed by atoms with E-state index in [4.69, 9.17) is 4.74 Å². The number of fused-ring (bicyclic) bond motifs is 3. The zero-order valence-corrected chi connectivity index (χ0v) is 20.0. The van der Waals surface area contributed by atoms with Crippen molar-refractivity contribution in [2.75, 3.05) is 13.2 Å². The van der Waals surface area contributed by atoms with Gasteiger partial charge < -0.3 is 20.1 Å². The molecule has 7 nitrogen and oxygen atoms in total. The third-order valence-electron chi connectivity index (χ3n) is 7.99. The van der Waals surface area contributed by atoms with Gasteiger partial charge in [-0.05, 0) is 54.9 Å². The first-order valence-electron chi connectivity index (χ1n) is 12.6. The molecule has 2 aliphatic carbocycles. The molecular weight excluding hydrogens is 444 g/mol. The number of alkyl carbamates (subject to hydrolysis) is 1. The van der Waals surface area contributed by atoms with Crippen LogP contribution in [0.1, 0.15) is 56.1 Å². The van der Waals surface area contributed by atoms with Gasteiger partial charge in [-0.1, -0.05) is 55.0 Å². The summed E-state index contributed by atoms with van der Waals surface area (Å²) in [5.41, 5.74) is 4.68. The Morgan fingerprint density at radius 1 is 1.00 bits per heavy atom. The molecule has 1 saturated heterocycles. The molecule has 2 N–H and O–H groups in total. The van der Waals surface area contributed by atoms with Crippen molar-refractivity contribution >= 4 is 18.0 Å². The van der Waals surface area contributed by atoms with Gasteiger partial charge in [-0.2, -0.15) is 0 Å². The molecule has 1 aliphatic heterocycles. The molecule has 2 fully saturated rings. The first-order valence-corrected chi connectivity index (χ1v) is 12.6. The van der Waals surface area contributed by atoms with E-state index < -0.39 is 18.0 Å². The number of amides is 2. The summed E-state index contributed by atoms with van der Waals surface area (Å²) in [6.07, 6.45) is 2.78.